The van der Waals surface area contributed by atoms with E-state index in [2.05, 4.69) is 5.32 Å². The van der Waals surface area contributed by atoms with E-state index in [9.17, 15) is 14.7 Å². The zero-order valence-corrected chi connectivity index (χ0v) is 15.6. The van der Waals surface area contributed by atoms with E-state index in [1.807, 2.05) is 6.92 Å². The van der Waals surface area contributed by atoms with E-state index < -0.39 is 12.0 Å². The summed E-state index contributed by atoms with van der Waals surface area (Å²) in [5.41, 5.74) is 1.50. The van der Waals surface area contributed by atoms with E-state index in [0.29, 0.717) is 23.7 Å². The molecule has 0 heterocycles. The molecule has 144 valence electrons. The van der Waals surface area contributed by atoms with Gasteiger partial charge in [-0.2, -0.15) is 0 Å². The Morgan fingerprint density at radius 2 is 1.67 bits per heavy atom. The van der Waals surface area contributed by atoms with Crippen LogP contribution in [0, 0.1) is 0 Å². The molecule has 0 fully saturated rings. The van der Waals surface area contributed by atoms with E-state index in [-0.39, 0.29) is 18.7 Å². The lowest BCUT2D eigenvalue weighted by Gasteiger charge is -2.20. The maximum atomic E-state index is 12.4. The highest BCUT2D eigenvalue weighted by Gasteiger charge is 2.16. The van der Waals surface area contributed by atoms with Crippen LogP contribution in [0.4, 0.5) is 0 Å². The Bertz CT molecular complexity index is 740. The molecule has 0 radical (unpaired) electrons. The highest BCUT2D eigenvalue weighted by molar-refractivity contribution is 5.79. The van der Waals surface area contributed by atoms with Crippen LogP contribution in [0.15, 0.2) is 48.5 Å². The van der Waals surface area contributed by atoms with Crippen LogP contribution in [0.2, 0.25) is 0 Å². The van der Waals surface area contributed by atoms with E-state index >= 15 is 0 Å². The topological polar surface area (TPSA) is 87.7 Å². The molecule has 0 aliphatic carbocycles. The van der Waals surface area contributed by atoms with Crippen molar-refractivity contribution in [1.82, 2.24) is 5.32 Å². The van der Waals surface area contributed by atoms with E-state index in [0.717, 1.165) is 12.0 Å². The van der Waals surface area contributed by atoms with Crippen molar-refractivity contribution >= 4 is 11.9 Å². The minimum Gasteiger partial charge on any atom is -0.550 e. The number of carbonyl (C=O) groups excluding carboxylic acids is 2. The molecule has 0 bridgehead atoms. The minimum absolute atomic E-state index is 0.144. The average molecular weight is 370 g/mol. The van der Waals surface area contributed by atoms with Crippen LogP contribution in [0.25, 0.3) is 0 Å². The lowest BCUT2D eigenvalue weighted by molar-refractivity contribution is -0.306. The average Bonchev–Trinajstić information content (AvgIpc) is 2.66. The molecule has 0 saturated heterocycles. The molecule has 0 aromatic heterocycles. The Balaban J connectivity index is 2.04. The molecule has 27 heavy (non-hydrogen) atoms. The van der Waals surface area contributed by atoms with Crippen LogP contribution in [0.1, 0.15) is 36.9 Å². The number of rotatable bonds is 10. The van der Waals surface area contributed by atoms with Gasteiger partial charge in [0.25, 0.3) is 0 Å². The van der Waals surface area contributed by atoms with Crippen molar-refractivity contribution in [1.29, 1.82) is 0 Å². The van der Waals surface area contributed by atoms with Crippen molar-refractivity contribution in [3.63, 3.8) is 0 Å². The summed E-state index contributed by atoms with van der Waals surface area (Å²) in [5.74, 6) is -0.0782. The Hall–Kier alpha value is -3.02. The lowest BCUT2D eigenvalue weighted by Crippen LogP contribution is -2.35. The fraction of sp³-hybridized carbons (Fsp3) is 0.333. The first-order valence-electron chi connectivity index (χ1n) is 8.86. The summed E-state index contributed by atoms with van der Waals surface area (Å²) in [5, 5.41) is 13.9. The van der Waals surface area contributed by atoms with E-state index in [1.165, 1.54) is 0 Å². The number of ether oxygens (including phenoxy) is 2. The first-order valence-corrected chi connectivity index (χ1v) is 8.86. The fourth-order valence-corrected chi connectivity index (χ4v) is 2.61. The summed E-state index contributed by atoms with van der Waals surface area (Å²) in [6.07, 6.45) is 0.741. The summed E-state index contributed by atoms with van der Waals surface area (Å²) >= 11 is 0. The quantitative estimate of drug-likeness (QED) is 0.691. The molecule has 6 heteroatoms. The van der Waals surface area contributed by atoms with Gasteiger partial charge in [-0.05, 0) is 41.8 Å². The van der Waals surface area contributed by atoms with E-state index in [4.69, 9.17) is 9.47 Å². The summed E-state index contributed by atoms with van der Waals surface area (Å²) in [6.45, 7) is 2.63. The summed E-state index contributed by atoms with van der Waals surface area (Å²) in [6, 6.07) is 13.5. The highest BCUT2D eigenvalue weighted by Crippen LogP contribution is 2.21. The summed E-state index contributed by atoms with van der Waals surface area (Å²) in [4.78, 5) is 23.5. The lowest BCUT2D eigenvalue weighted by atomic mass is 10.0. The van der Waals surface area contributed by atoms with Gasteiger partial charge in [0.1, 0.15) is 11.5 Å². The van der Waals surface area contributed by atoms with Crippen LogP contribution < -0.4 is 19.9 Å². The zero-order valence-electron chi connectivity index (χ0n) is 15.6. The van der Waals surface area contributed by atoms with E-state index in [1.54, 1.807) is 55.6 Å². The van der Waals surface area contributed by atoms with Crippen molar-refractivity contribution in [2.75, 3.05) is 13.7 Å². The number of carbonyl (C=O) groups is 2. The number of methoxy groups -OCH3 is 1. The molecule has 6 nitrogen and oxygen atoms in total. The van der Waals surface area contributed by atoms with Crippen LogP contribution in [-0.4, -0.2) is 25.6 Å². The summed E-state index contributed by atoms with van der Waals surface area (Å²) < 4.78 is 10.6. The smallest absolute Gasteiger partial charge is 0.224 e. The Kier molecular flexibility index (Phi) is 7.67. The van der Waals surface area contributed by atoms with Crippen LogP contribution >= 0.6 is 0 Å². The largest absolute Gasteiger partial charge is 0.550 e. The molecule has 0 saturated carbocycles. The van der Waals surface area contributed by atoms with Gasteiger partial charge in [-0.3, -0.25) is 4.79 Å². The number of benzene rings is 2. The predicted octanol–water partition coefficient (Wildman–Crippen LogP) is 2.02. The maximum Gasteiger partial charge on any atom is 0.224 e. The van der Waals surface area contributed by atoms with Gasteiger partial charge < -0.3 is 24.7 Å². The van der Waals surface area contributed by atoms with Crippen LogP contribution in [0.5, 0.6) is 11.5 Å². The van der Waals surface area contributed by atoms with Crippen molar-refractivity contribution < 1.29 is 24.2 Å². The first kappa shape index (κ1) is 20.3. The Morgan fingerprint density at radius 3 is 2.22 bits per heavy atom. The number of amides is 1. The van der Waals surface area contributed by atoms with Gasteiger partial charge in [0.15, 0.2) is 0 Å². The molecule has 1 amide bonds. The molecule has 2 rings (SSSR count). The van der Waals surface area contributed by atoms with Gasteiger partial charge in [0.2, 0.25) is 5.91 Å². The van der Waals surface area contributed by atoms with Crippen LogP contribution in [-0.2, 0) is 16.0 Å². The molecule has 0 aliphatic heterocycles. The first-order chi connectivity index (χ1) is 13.0. The second-order valence-corrected chi connectivity index (χ2v) is 6.14. The Labute approximate surface area is 159 Å². The van der Waals surface area contributed by atoms with Gasteiger partial charge in [0, 0.05) is 12.4 Å². The van der Waals surface area contributed by atoms with Gasteiger partial charge in [-0.15, -0.1) is 0 Å². The highest BCUT2D eigenvalue weighted by atomic mass is 16.5. The standard InChI is InChI=1S/C21H25NO5/c1-3-12-27-18-10-6-16(7-11-18)19(14-21(24)25)22-20(23)13-15-4-8-17(26-2)9-5-15/h4-11,19H,3,12-14H2,1-2H3,(H,22,23)(H,24,25)/p-1/t19-/m0/s1. The normalized spacial score (nSPS) is 11.5. The Morgan fingerprint density at radius 1 is 1.04 bits per heavy atom. The second kappa shape index (κ2) is 10.2. The number of carboxylic acids is 1. The molecule has 2 aromatic rings. The number of hydrogen-bond donors (Lipinski definition) is 1. The fourth-order valence-electron chi connectivity index (χ4n) is 2.61. The molecule has 2 aromatic carbocycles. The number of aliphatic carboxylic acids is 1. The summed E-state index contributed by atoms with van der Waals surface area (Å²) in [7, 11) is 1.57. The minimum atomic E-state index is -1.23. The zero-order chi connectivity index (χ0) is 19.6. The van der Waals surface area contributed by atoms with Crippen molar-refractivity contribution in [3.8, 4) is 11.5 Å². The maximum absolute atomic E-state index is 12.4. The molecule has 0 spiro atoms. The molecule has 1 N–H and O–H groups in total. The molecule has 0 aliphatic rings. The number of carboxylic acid groups (broad SMARTS) is 1. The number of nitrogens with one attached hydrogen (secondary N) is 1. The number of hydrogen-bond acceptors (Lipinski definition) is 5. The third kappa shape index (κ3) is 6.66. The third-order valence-corrected chi connectivity index (χ3v) is 3.99. The molecular weight excluding hydrogens is 346 g/mol. The molecule has 0 unspecified atom stereocenters. The molecular formula is C21H24NO5-. The van der Waals surface area contributed by atoms with Crippen molar-refractivity contribution in [3.05, 3.63) is 59.7 Å². The molecule has 1 atom stereocenters. The van der Waals surface area contributed by atoms with Gasteiger partial charge in [-0.1, -0.05) is 31.2 Å². The SMILES string of the molecule is CCCOc1ccc([C@H](CC(=O)[O-])NC(=O)Cc2ccc(OC)cc2)cc1. The second-order valence-electron chi connectivity index (χ2n) is 6.14. The predicted molar refractivity (Wildman–Crippen MR) is 99.4 cm³/mol. The van der Waals surface area contributed by atoms with Crippen LogP contribution in [0.3, 0.4) is 0 Å². The van der Waals surface area contributed by atoms with Crippen molar-refractivity contribution in [2.45, 2.75) is 32.2 Å². The van der Waals surface area contributed by atoms with Crippen molar-refractivity contribution in [2.24, 2.45) is 0 Å². The monoisotopic (exact) mass is 370 g/mol. The van der Waals surface area contributed by atoms with Gasteiger partial charge >= 0.3 is 0 Å². The van der Waals surface area contributed by atoms with Gasteiger partial charge in [0.05, 0.1) is 26.2 Å². The third-order valence-electron chi connectivity index (χ3n) is 3.99. The van der Waals surface area contributed by atoms with Gasteiger partial charge in [-0.25, -0.2) is 0 Å².